The van der Waals surface area contributed by atoms with Crippen LogP contribution in [0.25, 0.3) is 0 Å². The van der Waals surface area contributed by atoms with E-state index in [1.54, 1.807) is 7.05 Å². The molecule has 4 heteroatoms. The monoisotopic (exact) mass is 236 g/mol. The highest BCUT2D eigenvalue weighted by molar-refractivity contribution is 5.81. The van der Waals surface area contributed by atoms with Gasteiger partial charge in [-0.05, 0) is 18.6 Å². The van der Waals surface area contributed by atoms with Gasteiger partial charge in [-0.15, -0.1) is 0 Å². The molecule has 1 atom stereocenters. The number of carbonyl (C=O) groups excluding carboxylic acids is 1. The molecule has 0 aliphatic rings. The molecule has 4 nitrogen and oxygen atoms in total. The smallest absolute Gasteiger partial charge is 0.239 e. The van der Waals surface area contributed by atoms with Gasteiger partial charge in [0.15, 0.2) is 0 Å². The summed E-state index contributed by atoms with van der Waals surface area (Å²) >= 11 is 0. The van der Waals surface area contributed by atoms with Crippen LogP contribution in [0.1, 0.15) is 13.3 Å². The van der Waals surface area contributed by atoms with E-state index in [4.69, 9.17) is 0 Å². The molecule has 0 heterocycles. The highest BCUT2D eigenvalue weighted by Gasteiger charge is 2.18. The number of carbonyl (C=O) groups is 1. The number of aliphatic hydroxyl groups excluding tert-OH is 1. The maximum absolute atomic E-state index is 11.5. The summed E-state index contributed by atoms with van der Waals surface area (Å²) < 4.78 is 0. The van der Waals surface area contributed by atoms with Crippen LogP contribution in [0.4, 0.5) is 5.69 Å². The van der Waals surface area contributed by atoms with Crippen molar-refractivity contribution in [3.63, 3.8) is 0 Å². The summed E-state index contributed by atoms with van der Waals surface area (Å²) in [6.07, 6.45) is 0.794. The van der Waals surface area contributed by atoms with Crippen molar-refractivity contribution in [3.05, 3.63) is 30.3 Å². The number of aliphatic hydroxyl groups is 1. The second-order valence-corrected chi connectivity index (χ2v) is 3.88. The Kier molecular flexibility index (Phi) is 5.49. The Labute approximate surface area is 102 Å². The van der Waals surface area contributed by atoms with Gasteiger partial charge >= 0.3 is 0 Å². The van der Waals surface area contributed by atoms with Crippen molar-refractivity contribution in [2.45, 2.75) is 19.4 Å². The number of hydrogen-bond donors (Lipinski definition) is 2. The van der Waals surface area contributed by atoms with Gasteiger partial charge in [0.05, 0.1) is 19.2 Å². The fraction of sp³-hybridized carbons (Fsp3) is 0.462. The zero-order valence-corrected chi connectivity index (χ0v) is 10.4. The average Bonchev–Trinajstić information content (AvgIpc) is 2.39. The summed E-state index contributed by atoms with van der Waals surface area (Å²) in [6, 6.07) is 9.64. The van der Waals surface area contributed by atoms with E-state index >= 15 is 0 Å². The molecule has 0 spiro atoms. The van der Waals surface area contributed by atoms with Crippen molar-refractivity contribution < 1.29 is 9.90 Å². The van der Waals surface area contributed by atoms with Gasteiger partial charge in [0, 0.05) is 12.7 Å². The van der Waals surface area contributed by atoms with Crippen molar-refractivity contribution >= 4 is 11.6 Å². The molecule has 0 aromatic heterocycles. The van der Waals surface area contributed by atoms with Crippen molar-refractivity contribution in [1.29, 1.82) is 0 Å². The lowest BCUT2D eigenvalue weighted by Gasteiger charge is -2.31. The lowest BCUT2D eigenvalue weighted by atomic mass is 10.1. The van der Waals surface area contributed by atoms with Gasteiger partial charge in [-0.2, -0.15) is 0 Å². The Morgan fingerprint density at radius 2 is 2.06 bits per heavy atom. The predicted octanol–water partition coefficient (Wildman–Crippen LogP) is 1.01. The maximum atomic E-state index is 11.5. The molecule has 0 aliphatic heterocycles. The molecule has 1 amide bonds. The quantitative estimate of drug-likeness (QED) is 0.775. The number of nitrogens with one attached hydrogen (secondary N) is 1. The maximum Gasteiger partial charge on any atom is 0.239 e. The number of para-hydroxylation sites is 1. The number of nitrogens with zero attached hydrogens (tertiary/aromatic N) is 1. The van der Waals surface area contributed by atoms with Crippen molar-refractivity contribution in [1.82, 2.24) is 5.32 Å². The van der Waals surface area contributed by atoms with E-state index in [9.17, 15) is 9.90 Å². The molecule has 0 bridgehead atoms. The van der Waals surface area contributed by atoms with E-state index < -0.39 is 0 Å². The van der Waals surface area contributed by atoms with Gasteiger partial charge in [-0.3, -0.25) is 4.79 Å². The molecule has 1 rings (SSSR count). The van der Waals surface area contributed by atoms with Gasteiger partial charge in [0.1, 0.15) is 0 Å². The Bertz CT molecular complexity index is 337. The van der Waals surface area contributed by atoms with E-state index in [0.717, 1.165) is 12.1 Å². The second-order valence-electron chi connectivity index (χ2n) is 3.88. The molecule has 1 aromatic rings. The fourth-order valence-corrected chi connectivity index (χ4v) is 1.73. The third-order valence-corrected chi connectivity index (χ3v) is 2.80. The minimum absolute atomic E-state index is 0.0327. The molecule has 94 valence electrons. The van der Waals surface area contributed by atoms with Crippen LogP contribution in [0.5, 0.6) is 0 Å². The largest absolute Gasteiger partial charge is 0.394 e. The van der Waals surface area contributed by atoms with E-state index in [1.807, 2.05) is 42.2 Å². The second kappa shape index (κ2) is 6.91. The van der Waals surface area contributed by atoms with Crippen molar-refractivity contribution in [2.24, 2.45) is 0 Å². The summed E-state index contributed by atoms with van der Waals surface area (Å²) in [5.74, 6) is -0.0549. The number of hydrogen-bond acceptors (Lipinski definition) is 3. The zero-order valence-electron chi connectivity index (χ0n) is 10.4. The van der Waals surface area contributed by atoms with Gasteiger partial charge < -0.3 is 15.3 Å². The van der Waals surface area contributed by atoms with Crippen molar-refractivity contribution in [2.75, 3.05) is 25.1 Å². The van der Waals surface area contributed by atoms with E-state index in [2.05, 4.69) is 5.32 Å². The molecular formula is C13H20N2O2. The van der Waals surface area contributed by atoms with Crippen molar-refractivity contribution in [3.8, 4) is 0 Å². The molecule has 0 fully saturated rings. The van der Waals surface area contributed by atoms with E-state index in [0.29, 0.717) is 0 Å². The van der Waals surface area contributed by atoms with Crippen LogP contribution >= 0.6 is 0 Å². The van der Waals surface area contributed by atoms with Crippen LogP contribution in [0.2, 0.25) is 0 Å². The Hall–Kier alpha value is -1.55. The van der Waals surface area contributed by atoms with Crippen LogP contribution < -0.4 is 10.2 Å². The molecule has 1 aromatic carbocycles. The highest BCUT2D eigenvalue weighted by Crippen LogP contribution is 2.17. The highest BCUT2D eigenvalue weighted by atomic mass is 16.3. The fourth-order valence-electron chi connectivity index (χ4n) is 1.73. The van der Waals surface area contributed by atoms with Crippen LogP contribution in [-0.4, -0.2) is 37.3 Å². The van der Waals surface area contributed by atoms with Crippen LogP contribution in [0.15, 0.2) is 30.3 Å². The van der Waals surface area contributed by atoms with E-state index in [1.165, 1.54) is 0 Å². The first-order valence-electron chi connectivity index (χ1n) is 5.86. The minimum atomic E-state index is -0.0549. The molecule has 0 saturated carbocycles. The molecule has 0 aliphatic carbocycles. The summed E-state index contributed by atoms with van der Waals surface area (Å²) in [7, 11) is 1.62. The standard InChI is InChI=1S/C13H20N2O2/c1-3-11(10-16)15(9-13(17)14-2)12-7-5-4-6-8-12/h4-8,11,16H,3,9-10H2,1-2H3,(H,14,17). The van der Waals surface area contributed by atoms with Gasteiger partial charge in [-0.25, -0.2) is 0 Å². The number of benzene rings is 1. The van der Waals surface area contributed by atoms with Gasteiger partial charge in [0.2, 0.25) is 5.91 Å². The molecule has 17 heavy (non-hydrogen) atoms. The molecule has 0 saturated heterocycles. The SMILES string of the molecule is CCC(CO)N(CC(=O)NC)c1ccccc1. The summed E-state index contributed by atoms with van der Waals surface area (Å²) in [5, 5.41) is 12.0. The predicted molar refractivity (Wildman–Crippen MR) is 69.0 cm³/mol. The molecule has 2 N–H and O–H groups in total. The number of amides is 1. The first-order chi connectivity index (χ1) is 8.22. The summed E-state index contributed by atoms with van der Waals surface area (Å²) in [5.41, 5.74) is 0.956. The van der Waals surface area contributed by atoms with Crippen LogP contribution in [-0.2, 0) is 4.79 Å². The number of rotatable bonds is 6. The lowest BCUT2D eigenvalue weighted by Crippen LogP contribution is -2.43. The first-order valence-corrected chi connectivity index (χ1v) is 5.86. The zero-order chi connectivity index (χ0) is 12.7. The number of anilines is 1. The van der Waals surface area contributed by atoms with E-state index in [-0.39, 0.29) is 25.1 Å². The number of likely N-dealkylation sites (N-methyl/N-ethyl adjacent to an activating group) is 1. The molecule has 0 radical (unpaired) electrons. The van der Waals surface area contributed by atoms with Crippen LogP contribution in [0.3, 0.4) is 0 Å². The van der Waals surface area contributed by atoms with Crippen LogP contribution in [0, 0.1) is 0 Å². The topological polar surface area (TPSA) is 52.6 Å². The molecular weight excluding hydrogens is 216 g/mol. The Morgan fingerprint density at radius 1 is 1.41 bits per heavy atom. The molecule has 1 unspecified atom stereocenters. The minimum Gasteiger partial charge on any atom is -0.394 e. The lowest BCUT2D eigenvalue weighted by molar-refractivity contribution is -0.119. The van der Waals surface area contributed by atoms with Gasteiger partial charge in [-0.1, -0.05) is 25.1 Å². The summed E-state index contributed by atoms with van der Waals surface area (Å²) in [4.78, 5) is 13.4. The normalized spacial score (nSPS) is 11.9. The average molecular weight is 236 g/mol. The third kappa shape index (κ3) is 3.75. The summed E-state index contributed by atoms with van der Waals surface area (Å²) in [6.45, 7) is 2.31. The Morgan fingerprint density at radius 3 is 2.53 bits per heavy atom. The van der Waals surface area contributed by atoms with Gasteiger partial charge in [0.25, 0.3) is 0 Å². The third-order valence-electron chi connectivity index (χ3n) is 2.80. The first kappa shape index (κ1) is 13.5. The Balaban J connectivity index is 2.89.